The van der Waals surface area contributed by atoms with Crippen molar-refractivity contribution in [3.63, 3.8) is 0 Å². The second-order valence-electron chi connectivity index (χ2n) is 7.24. The normalized spacial score (nSPS) is 14.6. The minimum atomic E-state index is -0.0516. The molecule has 2 aromatic rings. The molecule has 148 valence electrons. The molecule has 1 aliphatic heterocycles. The number of nitrogens with zero attached hydrogens (tertiary/aromatic N) is 1. The van der Waals surface area contributed by atoms with Crippen molar-refractivity contribution in [2.75, 3.05) is 19.7 Å². The molecule has 1 heterocycles. The topological polar surface area (TPSA) is 58.6 Å². The number of para-hydroxylation sites is 1. The van der Waals surface area contributed by atoms with Crippen molar-refractivity contribution in [3.8, 4) is 5.75 Å². The first-order valence-corrected chi connectivity index (χ1v) is 9.93. The highest BCUT2D eigenvalue weighted by atomic mass is 16.5. The number of benzene rings is 2. The van der Waals surface area contributed by atoms with Crippen LogP contribution in [0.15, 0.2) is 48.5 Å². The lowest BCUT2D eigenvalue weighted by Gasteiger charge is -2.32. The largest absolute Gasteiger partial charge is 0.483 e. The monoisotopic (exact) mass is 380 g/mol. The lowest BCUT2D eigenvalue weighted by Crippen LogP contribution is -2.47. The highest BCUT2D eigenvalue weighted by molar-refractivity contribution is 5.94. The number of likely N-dealkylation sites (tertiary alicyclic amines) is 1. The second-order valence-corrected chi connectivity index (χ2v) is 7.24. The first-order valence-electron chi connectivity index (χ1n) is 9.93. The maximum absolute atomic E-state index is 12.5. The number of ether oxygens (including phenoxy) is 1. The Morgan fingerprint density at radius 1 is 1.07 bits per heavy atom. The maximum atomic E-state index is 12.5. The van der Waals surface area contributed by atoms with E-state index in [9.17, 15) is 9.59 Å². The Kier molecular flexibility index (Phi) is 6.69. The second kappa shape index (κ2) is 9.40. The lowest BCUT2D eigenvalue weighted by molar-refractivity contribution is -0.134. The van der Waals surface area contributed by atoms with Gasteiger partial charge < -0.3 is 15.0 Å². The van der Waals surface area contributed by atoms with Gasteiger partial charge in [0.2, 0.25) is 0 Å². The zero-order valence-electron chi connectivity index (χ0n) is 16.6. The molecule has 0 unspecified atom stereocenters. The molecule has 0 spiro atoms. The van der Waals surface area contributed by atoms with Crippen molar-refractivity contribution >= 4 is 11.8 Å². The Balaban J connectivity index is 1.45. The van der Waals surface area contributed by atoms with Crippen molar-refractivity contribution in [2.45, 2.75) is 39.2 Å². The fraction of sp³-hybridized carbons (Fsp3) is 0.391. The van der Waals surface area contributed by atoms with Crippen LogP contribution in [-0.4, -0.2) is 42.5 Å². The molecule has 1 N–H and O–H groups in total. The van der Waals surface area contributed by atoms with E-state index in [2.05, 4.69) is 12.2 Å². The van der Waals surface area contributed by atoms with Gasteiger partial charge in [0, 0.05) is 24.7 Å². The van der Waals surface area contributed by atoms with Gasteiger partial charge >= 0.3 is 0 Å². The van der Waals surface area contributed by atoms with E-state index < -0.39 is 0 Å². The van der Waals surface area contributed by atoms with Gasteiger partial charge in [-0.3, -0.25) is 9.59 Å². The van der Waals surface area contributed by atoms with Crippen LogP contribution in [-0.2, 0) is 11.2 Å². The Labute approximate surface area is 166 Å². The van der Waals surface area contributed by atoms with Gasteiger partial charge in [-0.05, 0) is 49.9 Å². The van der Waals surface area contributed by atoms with Gasteiger partial charge in [0.05, 0.1) is 0 Å². The molecule has 1 fully saturated rings. The van der Waals surface area contributed by atoms with Gasteiger partial charge in [0.25, 0.3) is 11.8 Å². The quantitative estimate of drug-likeness (QED) is 0.836. The molecular formula is C23H28N2O3. The summed E-state index contributed by atoms with van der Waals surface area (Å²) in [4.78, 5) is 26.6. The van der Waals surface area contributed by atoms with Gasteiger partial charge in [-0.1, -0.05) is 42.8 Å². The summed E-state index contributed by atoms with van der Waals surface area (Å²) in [7, 11) is 0. The predicted molar refractivity (Wildman–Crippen MR) is 110 cm³/mol. The third-order valence-corrected chi connectivity index (χ3v) is 5.20. The number of amides is 2. The molecule has 0 radical (unpaired) electrons. The van der Waals surface area contributed by atoms with Crippen LogP contribution >= 0.6 is 0 Å². The van der Waals surface area contributed by atoms with Crippen molar-refractivity contribution < 1.29 is 14.3 Å². The third kappa shape index (κ3) is 5.12. The van der Waals surface area contributed by atoms with E-state index in [0.717, 1.165) is 36.1 Å². The van der Waals surface area contributed by atoms with Crippen molar-refractivity contribution in [2.24, 2.45) is 0 Å². The molecule has 0 bridgehead atoms. The van der Waals surface area contributed by atoms with Crippen LogP contribution < -0.4 is 10.1 Å². The van der Waals surface area contributed by atoms with Crippen LogP contribution in [0.3, 0.4) is 0 Å². The SMILES string of the molecule is CCc1ccccc1OCC(=O)N1CCC(NC(=O)c2ccc(C)cc2)CC1. The molecule has 2 amide bonds. The van der Waals surface area contributed by atoms with E-state index in [-0.39, 0.29) is 24.5 Å². The molecule has 0 aromatic heterocycles. The number of carbonyl (C=O) groups excluding carboxylic acids is 2. The van der Waals surface area contributed by atoms with Crippen LogP contribution in [0.2, 0.25) is 0 Å². The van der Waals surface area contributed by atoms with Gasteiger partial charge in [-0.2, -0.15) is 0 Å². The molecule has 0 aliphatic carbocycles. The number of piperidine rings is 1. The summed E-state index contributed by atoms with van der Waals surface area (Å²) in [5.41, 5.74) is 2.91. The highest BCUT2D eigenvalue weighted by Crippen LogP contribution is 2.19. The maximum Gasteiger partial charge on any atom is 0.260 e. The highest BCUT2D eigenvalue weighted by Gasteiger charge is 2.24. The minimum Gasteiger partial charge on any atom is -0.483 e. The van der Waals surface area contributed by atoms with Crippen LogP contribution in [0.5, 0.6) is 5.75 Å². The Morgan fingerprint density at radius 3 is 2.43 bits per heavy atom. The molecule has 2 aromatic carbocycles. The smallest absolute Gasteiger partial charge is 0.260 e. The number of rotatable bonds is 6. The fourth-order valence-electron chi connectivity index (χ4n) is 3.41. The average Bonchev–Trinajstić information content (AvgIpc) is 2.73. The summed E-state index contributed by atoms with van der Waals surface area (Å²) in [5, 5.41) is 3.08. The standard InChI is InChI=1S/C23H28N2O3/c1-3-18-6-4-5-7-21(18)28-16-22(26)25-14-12-20(13-15-25)24-23(27)19-10-8-17(2)9-11-19/h4-11,20H,3,12-16H2,1-2H3,(H,24,27). The Bertz CT molecular complexity index is 809. The summed E-state index contributed by atoms with van der Waals surface area (Å²) in [6.45, 7) is 5.39. The van der Waals surface area contributed by atoms with E-state index in [4.69, 9.17) is 4.74 Å². The first kappa shape index (κ1) is 19.9. The first-order chi connectivity index (χ1) is 13.6. The van der Waals surface area contributed by atoms with E-state index >= 15 is 0 Å². The van der Waals surface area contributed by atoms with Gasteiger partial charge in [-0.15, -0.1) is 0 Å². The molecule has 1 saturated heterocycles. The van der Waals surface area contributed by atoms with Crippen LogP contribution in [0.4, 0.5) is 0 Å². The Hall–Kier alpha value is -2.82. The van der Waals surface area contributed by atoms with Crippen LogP contribution in [0.25, 0.3) is 0 Å². The minimum absolute atomic E-state index is 0.00535. The molecule has 3 rings (SSSR count). The summed E-state index contributed by atoms with van der Waals surface area (Å²) < 4.78 is 5.74. The number of aryl methyl sites for hydroxylation is 2. The van der Waals surface area contributed by atoms with Gasteiger partial charge in [-0.25, -0.2) is 0 Å². The van der Waals surface area contributed by atoms with Crippen molar-refractivity contribution in [3.05, 3.63) is 65.2 Å². The molecule has 5 nitrogen and oxygen atoms in total. The molecule has 0 atom stereocenters. The number of hydrogen-bond donors (Lipinski definition) is 1. The van der Waals surface area contributed by atoms with E-state index in [1.54, 1.807) is 0 Å². The number of hydrogen-bond acceptors (Lipinski definition) is 3. The van der Waals surface area contributed by atoms with E-state index in [1.165, 1.54) is 0 Å². The molecule has 5 heteroatoms. The number of carbonyl (C=O) groups is 2. The third-order valence-electron chi connectivity index (χ3n) is 5.20. The lowest BCUT2D eigenvalue weighted by atomic mass is 10.0. The Morgan fingerprint density at radius 2 is 1.75 bits per heavy atom. The van der Waals surface area contributed by atoms with Crippen molar-refractivity contribution in [1.82, 2.24) is 10.2 Å². The molecule has 28 heavy (non-hydrogen) atoms. The van der Waals surface area contributed by atoms with E-state index in [0.29, 0.717) is 18.7 Å². The van der Waals surface area contributed by atoms with Gasteiger partial charge in [0.1, 0.15) is 5.75 Å². The summed E-state index contributed by atoms with van der Waals surface area (Å²) in [6, 6.07) is 15.5. The van der Waals surface area contributed by atoms with E-state index in [1.807, 2.05) is 60.4 Å². The average molecular weight is 380 g/mol. The van der Waals surface area contributed by atoms with Crippen molar-refractivity contribution in [1.29, 1.82) is 0 Å². The zero-order valence-corrected chi connectivity index (χ0v) is 16.6. The van der Waals surface area contributed by atoms with Crippen LogP contribution in [0.1, 0.15) is 41.3 Å². The zero-order chi connectivity index (χ0) is 19.9. The molecular weight excluding hydrogens is 352 g/mol. The summed E-state index contributed by atoms with van der Waals surface area (Å²) in [5.74, 6) is 0.720. The van der Waals surface area contributed by atoms with Gasteiger partial charge in [0.15, 0.2) is 6.61 Å². The predicted octanol–water partition coefficient (Wildman–Crippen LogP) is 3.36. The molecule has 1 aliphatic rings. The summed E-state index contributed by atoms with van der Waals surface area (Å²) >= 11 is 0. The number of nitrogens with one attached hydrogen (secondary N) is 1. The van der Waals surface area contributed by atoms with Crippen LogP contribution in [0, 0.1) is 6.92 Å². The molecule has 0 saturated carbocycles. The fourth-order valence-corrected chi connectivity index (χ4v) is 3.41. The summed E-state index contributed by atoms with van der Waals surface area (Å²) in [6.07, 6.45) is 2.39.